The van der Waals surface area contributed by atoms with Crippen molar-refractivity contribution in [2.45, 2.75) is 44.6 Å². The van der Waals surface area contributed by atoms with Crippen molar-refractivity contribution in [3.63, 3.8) is 0 Å². The molecule has 3 rings (SSSR count). The highest BCUT2D eigenvalue weighted by molar-refractivity contribution is 9.10. The Hall–Kier alpha value is -1.71. The fourth-order valence-electron chi connectivity index (χ4n) is 3.50. The maximum atomic E-state index is 12.9. The average Bonchev–Trinajstić information content (AvgIpc) is 3.01. The van der Waals surface area contributed by atoms with Crippen molar-refractivity contribution in [1.29, 1.82) is 0 Å². The minimum atomic E-state index is -3.66. The van der Waals surface area contributed by atoms with Crippen LogP contribution in [0.2, 0.25) is 0 Å². The molecule has 0 radical (unpaired) electrons. The van der Waals surface area contributed by atoms with E-state index in [-0.39, 0.29) is 22.8 Å². The lowest BCUT2D eigenvalue weighted by Gasteiger charge is -2.31. The Morgan fingerprint density at radius 3 is 2.39 bits per heavy atom. The van der Waals surface area contributed by atoms with E-state index >= 15 is 0 Å². The zero-order valence-corrected chi connectivity index (χ0v) is 18.5. The lowest BCUT2D eigenvalue weighted by Crippen LogP contribution is -2.43. The minimum absolute atomic E-state index is 0.0372. The smallest absolute Gasteiger partial charge is 0.248 e. The van der Waals surface area contributed by atoms with Crippen molar-refractivity contribution < 1.29 is 17.7 Å². The van der Waals surface area contributed by atoms with E-state index in [0.717, 1.165) is 10.0 Å². The summed E-state index contributed by atoms with van der Waals surface area (Å²) in [5, 5.41) is 6.78. The van der Waals surface area contributed by atoms with E-state index in [9.17, 15) is 13.2 Å². The topological polar surface area (TPSA) is 92.5 Å². The van der Waals surface area contributed by atoms with Crippen molar-refractivity contribution in [3.05, 3.63) is 45.8 Å². The molecule has 1 fully saturated rings. The highest BCUT2D eigenvalue weighted by atomic mass is 79.9. The molecule has 0 bridgehead atoms. The molecular formula is C19H24BrN3O4S. The fourth-order valence-corrected chi connectivity index (χ4v) is 5.52. The average molecular weight is 470 g/mol. The molecule has 1 saturated heterocycles. The summed E-state index contributed by atoms with van der Waals surface area (Å²) in [5.41, 5.74) is 1.38. The van der Waals surface area contributed by atoms with Gasteiger partial charge in [-0.2, -0.15) is 4.31 Å². The second-order valence-electron chi connectivity index (χ2n) is 7.11. The summed E-state index contributed by atoms with van der Waals surface area (Å²) in [6.07, 6.45) is 0.975. The van der Waals surface area contributed by atoms with E-state index in [4.69, 9.17) is 4.52 Å². The molecule has 1 aromatic heterocycles. The molecule has 0 spiro atoms. The second-order valence-corrected chi connectivity index (χ2v) is 9.90. The molecular weight excluding hydrogens is 446 g/mol. The summed E-state index contributed by atoms with van der Waals surface area (Å²) in [7, 11) is -3.66. The van der Waals surface area contributed by atoms with Crippen LogP contribution in [0.5, 0.6) is 0 Å². The number of halogens is 1. The Morgan fingerprint density at radius 2 is 1.86 bits per heavy atom. The summed E-state index contributed by atoms with van der Waals surface area (Å²) < 4.78 is 33.2. The molecule has 1 N–H and O–H groups in total. The van der Waals surface area contributed by atoms with Gasteiger partial charge in [0.2, 0.25) is 15.9 Å². The molecule has 1 atom stereocenters. The fraction of sp³-hybridized carbons (Fsp3) is 0.474. The van der Waals surface area contributed by atoms with Crippen LogP contribution in [0.1, 0.15) is 42.8 Å². The third-order valence-corrected chi connectivity index (χ3v) is 7.79. The largest absolute Gasteiger partial charge is 0.360 e. The molecule has 2 heterocycles. The maximum Gasteiger partial charge on any atom is 0.248 e. The van der Waals surface area contributed by atoms with Gasteiger partial charge in [-0.15, -0.1) is 0 Å². The first-order valence-corrected chi connectivity index (χ1v) is 11.4. The number of carbonyl (C=O) groups excluding carboxylic acids is 1. The van der Waals surface area contributed by atoms with E-state index < -0.39 is 10.0 Å². The van der Waals surface area contributed by atoms with Crippen LogP contribution < -0.4 is 5.32 Å². The molecule has 1 aliphatic heterocycles. The summed E-state index contributed by atoms with van der Waals surface area (Å²) in [6, 6.07) is 7.71. The van der Waals surface area contributed by atoms with Gasteiger partial charge in [0.1, 0.15) is 10.6 Å². The molecule has 0 aliphatic carbocycles. The number of benzene rings is 1. The van der Waals surface area contributed by atoms with E-state index in [2.05, 4.69) is 26.4 Å². The summed E-state index contributed by atoms with van der Waals surface area (Å²) in [5.74, 6) is 0.0551. The van der Waals surface area contributed by atoms with Crippen LogP contribution in [0.3, 0.4) is 0 Å². The number of nitrogens with zero attached hydrogens (tertiary/aromatic N) is 2. The summed E-state index contributed by atoms with van der Waals surface area (Å²) in [4.78, 5) is 12.8. The van der Waals surface area contributed by atoms with Crippen molar-refractivity contribution in [1.82, 2.24) is 14.8 Å². The van der Waals surface area contributed by atoms with E-state index in [1.165, 1.54) is 4.31 Å². The Labute approximate surface area is 173 Å². The van der Waals surface area contributed by atoms with Crippen molar-refractivity contribution in [3.8, 4) is 0 Å². The van der Waals surface area contributed by atoms with Gasteiger partial charge in [0.05, 0.1) is 6.04 Å². The van der Waals surface area contributed by atoms with Gasteiger partial charge in [0.15, 0.2) is 5.76 Å². The van der Waals surface area contributed by atoms with Crippen molar-refractivity contribution in [2.75, 3.05) is 13.1 Å². The lowest BCUT2D eigenvalue weighted by molar-refractivity contribution is -0.126. The molecule has 0 unspecified atom stereocenters. The number of piperidine rings is 1. The predicted octanol–water partition coefficient (Wildman–Crippen LogP) is 3.33. The first-order chi connectivity index (χ1) is 13.2. The zero-order chi connectivity index (χ0) is 20.5. The highest BCUT2D eigenvalue weighted by Crippen LogP contribution is 2.28. The zero-order valence-electron chi connectivity index (χ0n) is 16.1. The van der Waals surface area contributed by atoms with Gasteiger partial charge >= 0.3 is 0 Å². The predicted molar refractivity (Wildman–Crippen MR) is 108 cm³/mol. The van der Waals surface area contributed by atoms with E-state index in [0.29, 0.717) is 37.4 Å². The number of nitrogens with one attached hydrogen (secondary N) is 1. The number of sulfonamides is 1. The van der Waals surface area contributed by atoms with Gasteiger partial charge in [-0.1, -0.05) is 33.2 Å². The Bertz CT molecular complexity index is 929. The second kappa shape index (κ2) is 8.34. The normalized spacial score (nSPS) is 17.4. The Kier molecular flexibility index (Phi) is 6.26. The van der Waals surface area contributed by atoms with Crippen molar-refractivity contribution in [2.24, 2.45) is 5.92 Å². The molecule has 0 saturated carbocycles. The first-order valence-electron chi connectivity index (χ1n) is 9.19. The van der Waals surface area contributed by atoms with Crippen LogP contribution in [0.15, 0.2) is 38.2 Å². The molecule has 7 nitrogen and oxygen atoms in total. The maximum absolute atomic E-state index is 12.9. The van der Waals surface area contributed by atoms with Gasteiger partial charge < -0.3 is 9.84 Å². The standard InChI is InChI=1S/C19H24BrN3O4S/c1-12(15-4-6-17(20)7-5-15)21-19(24)16-8-10-23(11-9-16)28(25,26)18-13(2)22-27-14(18)3/h4-7,12,16H,8-11H2,1-3H3,(H,21,24)/t12-/m1/s1. The monoisotopic (exact) mass is 469 g/mol. The van der Waals surface area contributed by atoms with Crippen LogP contribution in [-0.2, 0) is 14.8 Å². The summed E-state index contributed by atoms with van der Waals surface area (Å²) in [6.45, 7) is 5.76. The number of carbonyl (C=O) groups is 1. The molecule has 28 heavy (non-hydrogen) atoms. The van der Waals surface area contributed by atoms with E-state index in [1.807, 2.05) is 31.2 Å². The minimum Gasteiger partial charge on any atom is -0.360 e. The van der Waals surface area contributed by atoms with Crippen LogP contribution in [-0.4, -0.2) is 36.9 Å². The van der Waals surface area contributed by atoms with Gasteiger partial charge in [-0.25, -0.2) is 8.42 Å². The Balaban J connectivity index is 1.60. The molecule has 1 aromatic carbocycles. The molecule has 152 valence electrons. The SMILES string of the molecule is Cc1noc(C)c1S(=O)(=O)N1CCC(C(=O)N[C@H](C)c2ccc(Br)cc2)CC1. The van der Waals surface area contributed by atoms with Gasteiger partial charge in [-0.3, -0.25) is 4.79 Å². The number of amides is 1. The van der Waals surface area contributed by atoms with Gasteiger partial charge in [0.25, 0.3) is 0 Å². The van der Waals surface area contributed by atoms with E-state index in [1.54, 1.807) is 13.8 Å². The first kappa shape index (κ1) is 21.0. The van der Waals surface area contributed by atoms with Gasteiger partial charge in [0, 0.05) is 23.5 Å². The number of aryl methyl sites for hydroxylation is 2. The van der Waals surface area contributed by atoms with Gasteiger partial charge in [-0.05, 0) is 51.3 Å². The Morgan fingerprint density at radius 1 is 1.25 bits per heavy atom. The third-order valence-electron chi connectivity index (χ3n) is 5.12. The number of hydrogen-bond donors (Lipinski definition) is 1. The third kappa shape index (κ3) is 4.31. The van der Waals surface area contributed by atoms with Crippen molar-refractivity contribution >= 4 is 31.9 Å². The number of rotatable bonds is 5. The summed E-state index contributed by atoms with van der Waals surface area (Å²) >= 11 is 3.40. The van der Waals surface area contributed by atoms with Crippen LogP contribution in [0.4, 0.5) is 0 Å². The number of aromatic nitrogens is 1. The molecule has 1 aliphatic rings. The molecule has 9 heteroatoms. The van der Waals surface area contributed by atoms with Crippen LogP contribution >= 0.6 is 15.9 Å². The van der Waals surface area contributed by atoms with Crippen LogP contribution in [0.25, 0.3) is 0 Å². The quantitative estimate of drug-likeness (QED) is 0.724. The molecule has 2 aromatic rings. The number of hydrogen-bond acceptors (Lipinski definition) is 5. The van der Waals surface area contributed by atoms with Crippen LogP contribution in [0, 0.1) is 19.8 Å². The molecule has 1 amide bonds. The highest BCUT2D eigenvalue weighted by Gasteiger charge is 2.35. The lowest BCUT2D eigenvalue weighted by atomic mass is 9.96.